The third-order valence-electron chi connectivity index (χ3n) is 4.46. The lowest BCUT2D eigenvalue weighted by Gasteiger charge is -2.16. The zero-order valence-corrected chi connectivity index (χ0v) is 14.8. The van der Waals surface area contributed by atoms with Crippen LogP contribution < -0.4 is 10.6 Å². The van der Waals surface area contributed by atoms with Crippen LogP contribution in [0.3, 0.4) is 0 Å². The third-order valence-corrected chi connectivity index (χ3v) is 4.46. The molecular weight excluding hydrogens is 326 g/mol. The average Bonchev–Trinajstić information content (AvgIpc) is 3.15. The second-order valence-electron chi connectivity index (χ2n) is 6.31. The number of carbonyl (C=O) groups excluding carboxylic acids is 2. The number of amides is 2. The van der Waals surface area contributed by atoms with Crippen molar-refractivity contribution in [1.82, 2.24) is 10.2 Å². The van der Waals surface area contributed by atoms with Crippen molar-refractivity contribution in [3.8, 4) is 0 Å². The number of hydrogen-bond donors (Lipinski definition) is 2. The maximum atomic E-state index is 12.4. The molecule has 0 saturated carbocycles. The number of nitrogens with one attached hydrogen (secondary N) is 2. The summed E-state index contributed by atoms with van der Waals surface area (Å²) in [6, 6.07) is 17.5. The number of para-hydroxylation sites is 1. The number of rotatable bonds is 5. The minimum atomic E-state index is -0.120. The molecule has 0 aromatic heterocycles. The molecule has 5 nitrogen and oxygen atoms in total. The Morgan fingerprint density at radius 2 is 1.81 bits per heavy atom. The van der Waals surface area contributed by atoms with Gasteiger partial charge in [-0.15, -0.1) is 0 Å². The first kappa shape index (κ1) is 17.7. The first-order chi connectivity index (χ1) is 12.7. The van der Waals surface area contributed by atoms with Crippen molar-refractivity contribution in [3.63, 3.8) is 0 Å². The van der Waals surface area contributed by atoms with E-state index in [4.69, 9.17) is 0 Å². The summed E-state index contributed by atoms with van der Waals surface area (Å²) in [5.41, 5.74) is 2.58. The molecule has 1 aliphatic rings. The Balaban J connectivity index is 1.53. The van der Waals surface area contributed by atoms with Gasteiger partial charge >= 0.3 is 0 Å². The lowest BCUT2D eigenvalue weighted by molar-refractivity contribution is -0.124. The molecular formula is C21H23N3O2. The molecule has 0 spiro atoms. The molecule has 1 saturated heterocycles. The van der Waals surface area contributed by atoms with Gasteiger partial charge in [-0.1, -0.05) is 30.3 Å². The minimum Gasteiger partial charge on any atom is -0.380 e. The molecule has 1 atom stereocenters. The lowest BCUT2D eigenvalue weighted by atomic mass is 10.1. The van der Waals surface area contributed by atoms with Gasteiger partial charge in [0.1, 0.15) is 0 Å². The molecule has 0 unspecified atom stereocenters. The van der Waals surface area contributed by atoms with Crippen molar-refractivity contribution in [2.24, 2.45) is 0 Å². The van der Waals surface area contributed by atoms with Crippen molar-refractivity contribution < 1.29 is 9.59 Å². The van der Waals surface area contributed by atoms with Crippen molar-refractivity contribution in [2.45, 2.75) is 12.5 Å². The summed E-state index contributed by atoms with van der Waals surface area (Å²) in [5, 5.41) is 6.05. The van der Waals surface area contributed by atoms with E-state index in [1.807, 2.05) is 47.4 Å². The van der Waals surface area contributed by atoms with Gasteiger partial charge in [0.2, 0.25) is 5.91 Å². The molecule has 0 radical (unpaired) electrons. The molecule has 26 heavy (non-hydrogen) atoms. The highest BCUT2D eigenvalue weighted by molar-refractivity contribution is 5.95. The Bertz CT molecular complexity index is 785. The normalized spacial score (nSPS) is 16.7. The highest BCUT2D eigenvalue weighted by Gasteiger charge is 2.24. The lowest BCUT2D eigenvalue weighted by Crippen LogP contribution is -2.30. The van der Waals surface area contributed by atoms with E-state index in [0.717, 1.165) is 24.2 Å². The molecule has 2 aromatic carbocycles. The maximum Gasteiger partial charge on any atom is 0.251 e. The maximum absolute atomic E-state index is 12.4. The molecule has 134 valence electrons. The van der Waals surface area contributed by atoms with Gasteiger partial charge in [-0.25, -0.2) is 0 Å². The molecule has 1 heterocycles. The first-order valence-electron chi connectivity index (χ1n) is 8.76. The number of carbonyl (C=O) groups is 2. The summed E-state index contributed by atoms with van der Waals surface area (Å²) < 4.78 is 0. The Kier molecular flexibility index (Phi) is 5.69. The van der Waals surface area contributed by atoms with E-state index in [2.05, 4.69) is 10.6 Å². The van der Waals surface area contributed by atoms with Crippen LogP contribution in [0.15, 0.2) is 60.7 Å². The van der Waals surface area contributed by atoms with Crippen LogP contribution in [0.4, 0.5) is 5.69 Å². The predicted octanol–water partition coefficient (Wildman–Crippen LogP) is 2.77. The Hall–Kier alpha value is -3.08. The fourth-order valence-electron chi connectivity index (χ4n) is 3.01. The van der Waals surface area contributed by atoms with E-state index in [-0.39, 0.29) is 17.9 Å². The zero-order chi connectivity index (χ0) is 18.4. The van der Waals surface area contributed by atoms with Crippen LogP contribution in [0, 0.1) is 0 Å². The van der Waals surface area contributed by atoms with Crippen LogP contribution >= 0.6 is 0 Å². The predicted molar refractivity (Wildman–Crippen MR) is 104 cm³/mol. The van der Waals surface area contributed by atoms with Gasteiger partial charge in [0.25, 0.3) is 5.91 Å². The monoisotopic (exact) mass is 349 g/mol. The van der Waals surface area contributed by atoms with Crippen molar-refractivity contribution in [3.05, 3.63) is 71.8 Å². The van der Waals surface area contributed by atoms with Crippen molar-refractivity contribution in [1.29, 1.82) is 0 Å². The van der Waals surface area contributed by atoms with Gasteiger partial charge in [0, 0.05) is 43.5 Å². The Labute approximate surface area is 153 Å². The quantitative estimate of drug-likeness (QED) is 0.816. The Morgan fingerprint density at radius 3 is 2.50 bits per heavy atom. The van der Waals surface area contributed by atoms with Crippen molar-refractivity contribution >= 4 is 23.6 Å². The van der Waals surface area contributed by atoms with Crippen LogP contribution in [-0.4, -0.2) is 42.9 Å². The number of benzene rings is 2. The fraction of sp³-hybridized carbons (Fsp3) is 0.238. The standard InChI is InChI=1S/C21H23N3O2/c1-22-21(26)17-10-7-16(8-11-17)9-12-20(25)24-14-13-19(15-24)23-18-5-3-2-4-6-18/h2-12,19,23H,13-15H2,1H3,(H,22,26)/b12-9-/t19-/m1/s1. The zero-order valence-electron chi connectivity index (χ0n) is 14.8. The summed E-state index contributed by atoms with van der Waals surface area (Å²) >= 11 is 0. The van der Waals surface area contributed by atoms with E-state index in [9.17, 15) is 9.59 Å². The highest BCUT2D eigenvalue weighted by Crippen LogP contribution is 2.16. The first-order valence-corrected chi connectivity index (χ1v) is 8.76. The van der Waals surface area contributed by atoms with Gasteiger partial charge in [-0.3, -0.25) is 9.59 Å². The molecule has 2 aromatic rings. The van der Waals surface area contributed by atoms with Crippen molar-refractivity contribution in [2.75, 3.05) is 25.5 Å². The smallest absolute Gasteiger partial charge is 0.251 e. The number of hydrogen-bond acceptors (Lipinski definition) is 3. The average molecular weight is 349 g/mol. The molecule has 2 N–H and O–H groups in total. The summed E-state index contributed by atoms with van der Waals surface area (Å²) in [6.07, 6.45) is 4.32. The largest absolute Gasteiger partial charge is 0.380 e. The molecule has 2 amide bonds. The highest BCUT2D eigenvalue weighted by atomic mass is 16.2. The van der Waals surface area contributed by atoms with Gasteiger partial charge in [-0.05, 0) is 42.3 Å². The van der Waals surface area contributed by atoms with Gasteiger partial charge in [0.15, 0.2) is 0 Å². The van der Waals surface area contributed by atoms with Crippen LogP contribution in [0.1, 0.15) is 22.3 Å². The van der Waals surface area contributed by atoms with Gasteiger partial charge in [0.05, 0.1) is 0 Å². The molecule has 1 fully saturated rings. The topological polar surface area (TPSA) is 61.4 Å². The van der Waals surface area contributed by atoms with Gasteiger partial charge in [-0.2, -0.15) is 0 Å². The fourth-order valence-corrected chi connectivity index (χ4v) is 3.01. The third kappa shape index (κ3) is 4.51. The number of anilines is 1. The van der Waals surface area contributed by atoms with Crippen LogP contribution in [0.5, 0.6) is 0 Å². The van der Waals surface area contributed by atoms with Gasteiger partial charge < -0.3 is 15.5 Å². The van der Waals surface area contributed by atoms with E-state index in [1.165, 1.54) is 0 Å². The van der Waals surface area contributed by atoms with E-state index >= 15 is 0 Å². The summed E-state index contributed by atoms with van der Waals surface area (Å²) in [6.45, 7) is 1.46. The van der Waals surface area contributed by atoms with E-state index < -0.39 is 0 Å². The molecule has 0 bridgehead atoms. The summed E-state index contributed by atoms with van der Waals surface area (Å²) in [4.78, 5) is 25.8. The minimum absolute atomic E-state index is 0.0118. The van der Waals surface area contributed by atoms with Crippen LogP contribution in [0.25, 0.3) is 6.08 Å². The summed E-state index contributed by atoms with van der Waals surface area (Å²) in [7, 11) is 1.60. The van der Waals surface area contributed by atoms with Crippen LogP contribution in [0.2, 0.25) is 0 Å². The second-order valence-corrected chi connectivity index (χ2v) is 6.31. The Morgan fingerprint density at radius 1 is 1.08 bits per heavy atom. The summed E-state index contributed by atoms with van der Waals surface area (Å²) in [5.74, 6) is -0.108. The molecule has 1 aliphatic heterocycles. The molecule has 5 heteroatoms. The van der Waals surface area contributed by atoms with E-state index in [1.54, 1.807) is 31.3 Å². The van der Waals surface area contributed by atoms with Crippen LogP contribution in [-0.2, 0) is 4.79 Å². The number of likely N-dealkylation sites (tertiary alicyclic amines) is 1. The second kappa shape index (κ2) is 8.34. The molecule has 0 aliphatic carbocycles. The van der Waals surface area contributed by atoms with E-state index in [0.29, 0.717) is 12.1 Å². The SMILES string of the molecule is CNC(=O)c1ccc(/C=C\C(=O)N2CC[C@@H](Nc3ccccc3)C2)cc1. The molecule has 3 rings (SSSR count). The number of nitrogens with zero attached hydrogens (tertiary/aromatic N) is 1.